The Kier molecular flexibility index (Phi) is 5.23. The molecule has 0 aliphatic rings. The monoisotopic (exact) mass is 337 g/mol. The number of ketones is 1. The minimum absolute atomic E-state index is 0.00721. The van der Waals surface area contributed by atoms with Gasteiger partial charge in [0.15, 0.2) is 6.61 Å². The van der Waals surface area contributed by atoms with Gasteiger partial charge >= 0.3 is 6.18 Å². The van der Waals surface area contributed by atoms with E-state index in [1.54, 1.807) is 12.1 Å². The summed E-state index contributed by atoms with van der Waals surface area (Å²) in [5.41, 5.74) is 1.11. The second-order valence-corrected chi connectivity index (χ2v) is 5.05. The molecule has 0 heterocycles. The Balaban J connectivity index is 2.11. The van der Waals surface area contributed by atoms with Crippen LogP contribution in [0, 0.1) is 6.92 Å². The molecule has 0 aliphatic heterocycles. The smallest absolute Gasteiger partial charge is 0.422 e. The Morgan fingerprint density at radius 2 is 1.67 bits per heavy atom. The van der Waals surface area contributed by atoms with Crippen LogP contribution in [0.4, 0.5) is 18.9 Å². The zero-order valence-corrected chi connectivity index (χ0v) is 12.7. The van der Waals surface area contributed by atoms with E-state index >= 15 is 0 Å². The van der Waals surface area contributed by atoms with Crippen LogP contribution in [0.15, 0.2) is 48.5 Å². The molecule has 0 saturated carbocycles. The lowest BCUT2D eigenvalue weighted by Crippen LogP contribution is -2.24. The molecule has 7 heteroatoms. The number of carbonyl (C=O) groups excluding carboxylic acids is 2. The summed E-state index contributed by atoms with van der Waals surface area (Å²) in [6.07, 6.45) is -4.51. The number of carbonyl (C=O) groups is 2. The molecule has 126 valence electrons. The molecule has 2 rings (SSSR count). The number of hydrogen-bond acceptors (Lipinski definition) is 3. The number of hydrogen-bond donors (Lipinski definition) is 1. The predicted molar refractivity (Wildman–Crippen MR) is 82.1 cm³/mol. The van der Waals surface area contributed by atoms with Crippen LogP contribution < -0.4 is 10.1 Å². The largest absolute Gasteiger partial charge is 0.482 e. The third-order valence-electron chi connectivity index (χ3n) is 3.05. The Bertz CT molecular complexity index is 739. The molecule has 0 spiro atoms. The molecule has 2 aromatic carbocycles. The van der Waals surface area contributed by atoms with Gasteiger partial charge in [0.1, 0.15) is 5.75 Å². The zero-order valence-electron chi connectivity index (χ0n) is 12.7. The fraction of sp³-hybridized carbons (Fsp3) is 0.176. The highest BCUT2D eigenvalue weighted by molar-refractivity contribution is 6.46. The minimum Gasteiger partial charge on any atom is -0.482 e. The molecule has 1 amide bonds. The van der Waals surface area contributed by atoms with Crippen molar-refractivity contribution in [3.8, 4) is 5.75 Å². The molecule has 0 unspecified atom stereocenters. The van der Waals surface area contributed by atoms with Crippen molar-refractivity contribution in [2.75, 3.05) is 11.9 Å². The van der Waals surface area contributed by atoms with Gasteiger partial charge in [0.2, 0.25) is 0 Å². The molecule has 4 nitrogen and oxygen atoms in total. The number of rotatable bonds is 5. The summed E-state index contributed by atoms with van der Waals surface area (Å²) in [6.45, 7) is 0.342. The van der Waals surface area contributed by atoms with Crippen LogP contribution >= 0.6 is 0 Å². The van der Waals surface area contributed by atoms with E-state index in [0.29, 0.717) is 0 Å². The Morgan fingerprint density at radius 3 is 2.29 bits per heavy atom. The quantitative estimate of drug-likeness (QED) is 0.668. The van der Waals surface area contributed by atoms with Gasteiger partial charge in [0.25, 0.3) is 11.7 Å². The summed E-state index contributed by atoms with van der Waals surface area (Å²) in [5, 5.41) is 2.28. The van der Waals surface area contributed by atoms with Gasteiger partial charge in [0, 0.05) is 5.56 Å². The highest BCUT2D eigenvalue weighted by Crippen LogP contribution is 2.26. The number of anilines is 1. The van der Waals surface area contributed by atoms with Gasteiger partial charge < -0.3 is 10.1 Å². The van der Waals surface area contributed by atoms with Crippen molar-refractivity contribution in [2.45, 2.75) is 13.1 Å². The Morgan fingerprint density at radius 1 is 1.04 bits per heavy atom. The Hall–Kier alpha value is -2.83. The number of nitrogens with one attached hydrogen (secondary N) is 1. The van der Waals surface area contributed by atoms with Gasteiger partial charge in [-0.3, -0.25) is 9.59 Å². The van der Waals surface area contributed by atoms with Gasteiger partial charge in [-0.15, -0.1) is 0 Å². The normalized spacial score (nSPS) is 11.0. The maximum absolute atomic E-state index is 12.3. The maximum atomic E-state index is 12.3. The van der Waals surface area contributed by atoms with Crippen molar-refractivity contribution in [1.82, 2.24) is 0 Å². The van der Waals surface area contributed by atoms with Crippen LogP contribution in [-0.2, 0) is 4.79 Å². The summed E-state index contributed by atoms with van der Waals surface area (Å²) >= 11 is 0. The van der Waals surface area contributed by atoms with E-state index in [1.165, 1.54) is 36.4 Å². The lowest BCUT2D eigenvalue weighted by Gasteiger charge is -2.13. The maximum Gasteiger partial charge on any atom is 0.422 e. The van der Waals surface area contributed by atoms with Crippen LogP contribution in [-0.4, -0.2) is 24.5 Å². The van der Waals surface area contributed by atoms with Crippen molar-refractivity contribution in [3.63, 3.8) is 0 Å². The van der Waals surface area contributed by atoms with E-state index in [2.05, 4.69) is 10.1 Å². The summed E-state index contributed by atoms with van der Waals surface area (Å²) in [7, 11) is 0. The molecule has 2 aromatic rings. The molecule has 0 aliphatic carbocycles. The molecule has 0 atom stereocenters. The standard InChI is InChI=1S/C17H14F3NO3/c1-11-6-8-12(9-7-11)15(22)16(23)21-13-4-2-3-5-14(13)24-10-17(18,19)20/h2-9H,10H2,1H3,(H,21,23). The number of halogens is 3. The highest BCUT2D eigenvalue weighted by Gasteiger charge is 2.29. The van der Waals surface area contributed by atoms with Gasteiger partial charge in [-0.05, 0) is 19.1 Å². The van der Waals surface area contributed by atoms with Gasteiger partial charge in [0.05, 0.1) is 5.69 Å². The lowest BCUT2D eigenvalue weighted by atomic mass is 10.1. The lowest BCUT2D eigenvalue weighted by molar-refractivity contribution is -0.153. The first-order valence-corrected chi connectivity index (χ1v) is 6.97. The van der Waals surface area contributed by atoms with Crippen LogP contribution in [0.5, 0.6) is 5.75 Å². The second-order valence-electron chi connectivity index (χ2n) is 5.05. The molecule has 0 bridgehead atoms. The SMILES string of the molecule is Cc1ccc(C(=O)C(=O)Nc2ccccc2OCC(F)(F)F)cc1. The van der Waals surface area contributed by atoms with Gasteiger partial charge in [-0.1, -0.05) is 42.0 Å². The van der Waals surface area contributed by atoms with Crippen LogP contribution in [0.3, 0.4) is 0 Å². The van der Waals surface area contributed by atoms with Crippen molar-refractivity contribution >= 4 is 17.4 Å². The van der Waals surface area contributed by atoms with E-state index in [9.17, 15) is 22.8 Å². The topological polar surface area (TPSA) is 55.4 Å². The third-order valence-corrected chi connectivity index (χ3v) is 3.05. The number of alkyl halides is 3. The molecular weight excluding hydrogens is 323 g/mol. The molecule has 24 heavy (non-hydrogen) atoms. The minimum atomic E-state index is -4.51. The van der Waals surface area contributed by atoms with E-state index < -0.39 is 24.5 Å². The number of aryl methyl sites for hydroxylation is 1. The van der Waals surface area contributed by atoms with Crippen LogP contribution in [0.1, 0.15) is 15.9 Å². The van der Waals surface area contributed by atoms with E-state index in [-0.39, 0.29) is 17.0 Å². The van der Waals surface area contributed by atoms with Crippen molar-refractivity contribution in [1.29, 1.82) is 0 Å². The summed E-state index contributed by atoms with van der Waals surface area (Å²) in [5.74, 6) is -1.91. The third kappa shape index (κ3) is 4.84. The van der Waals surface area contributed by atoms with E-state index in [1.807, 2.05) is 6.92 Å². The highest BCUT2D eigenvalue weighted by atomic mass is 19.4. The van der Waals surface area contributed by atoms with E-state index in [4.69, 9.17) is 0 Å². The molecule has 0 fully saturated rings. The summed E-state index contributed by atoms with van der Waals surface area (Å²) in [6, 6.07) is 12.0. The van der Waals surface area contributed by atoms with Gasteiger partial charge in [-0.2, -0.15) is 13.2 Å². The molecule has 0 saturated heterocycles. The van der Waals surface area contributed by atoms with Gasteiger partial charge in [-0.25, -0.2) is 0 Å². The van der Waals surface area contributed by atoms with Crippen LogP contribution in [0.2, 0.25) is 0 Å². The van der Waals surface area contributed by atoms with Crippen LogP contribution in [0.25, 0.3) is 0 Å². The summed E-state index contributed by atoms with van der Waals surface area (Å²) < 4.78 is 41.4. The first-order valence-electron chi connectivity index (χ1n) is 6.97. The Labute approximate surface area is 136 Å². The number of ether oxygens (including phenoxy) is 1. The van der Waals surface area contributed by atoms with Crippen molar-refractivity contribution < 1.29 is 27.5 Å². The molecule has 0 radical (unpaired) electrons. The number of para-hydroxylation sites is 2. The fourth-order valence-corrected chi connectivity index (χ4v) is 1.87. The fourth-order valence-electron chi connectivity index (χ4n) is 1.87. The predicted octanol–water partition coefficient (Wildman–Crippen LogP) is 3.76. The molecular formula is C17H14F3NO3. The number of amides is 1. The average Bonchev–Trinajstić information content (AvgIpc) is 2.53. The first-order chi connectivity index (χ1) is 11.3. The van der Waals surface area contributed by atoms with E-state index in [0.717, 1.165) is 5.56 Å². The number of Topliss-reactive ketones (excluding diaryl/α,β-unsaturated/α-hetero) is 1. The first kappa shape index (κ1) is 17.5. The molecule has 1 N–H and O–H groups in total. The average molecular weight is 337 g/mol. The number of benzene rings is 2. The zero-order chi connectivity index (χ0) is 17.7. The summed E-state index contributed by atoms with van der Waals surface area (Å²) in [4.78, 5) is 24.1. The van der Waals surface area contributed by atoms with Crippen molar-refractivity contribution in [2.24, 2.45) is 0 Å². The molecule has 0 aromatic heterocycles. The second kappa shape index (κ2) is 7.16. The van der Waals surface area contributed by atoms with Crippen molar-refractivity contribution in [3.05, 3.63) is 59.7 Å².